The number of rotatable bonds is 3. The van der Waals surface area contributed by atoms with Gasteiger partial charge in [0.25, 0.3) is 0 Å². The summed E-state index contributed by atoms with van der Waals surface area (Å²) >= 11 is 0. The number of fused-ring (bicyclic) bond motifs is 3. The normalized spacial score (nSPS) is 11.0. The van der Waals surface area contributed by atoms with Crippen molar-refractivity contribution in [3.8, 4) is 0 Å². The fourth-order valence-corrected chi connectivity index (χ4v) is 2.72. The van der Waals surface area contributed by atoms with Gasteiger partial charge in [0.15, 0.2) is 5.69 Å². The number of anilines is 1. The van der Waals surface area contributed by atoms with Gasteiger partial charge in [-0.3, -0.25) is 0 Å². The van der Waals surface area contributed by atoms with Gasteiger partial charge < -0.3 is 5.32 Å². The molecule has 0 atom stereocenters. The quantitative estimate of drug-likeness (QED) is 0.466. The van der Waals surface area contributed by atoms with E-state index in [1.165, 1.54) is 10.9 Å². The van der Waals surface area contributed by atoms with E-state index in [1.807, 2.05) is 48.0 Å². The standard InChI is InChI=1S/C19H17N4/c1-14-18(20-13-15-7-3-2-4-8-15)22-23-12-11-16-9-5-6-10-17(16)19(23)21-14/h2-12H,13H2,1H3,(H,20,22)/q+1. The van der Waals surface area contributed by atoms with Crippen LogP contribution in [0, 0.1) is 6.92 Å². The minimum absolute atomic E-state index is 0.732. The second-order valence-electron chi connectivity index (χ2n) is 5.56. The van der Waals surface area contributed by atoms with Crippen molar-refractivity contribution in [1.29, 1.82) is 0 Å². The fraction of sp³-hybridized carbons (Fsp3) is 0.105. The van der Waals surface area contributed by atoms with Crippen molar-refractivity contribution in [3.63, 3.8) is 0 Å². The molecule has 4 aromatic rings. The summed E-state index contributed by atoms with van der Waals surface area (Å²) < 4.78 is 1.84. The number of benzene rings is 2. The van der Waals surface area contributed by atoms with Crippen molar-refractivity contribution in [1.82, 2.24) is 10.1 Å². The molecule has 4 heteroatoms. The van der Waals surface area contributed by atoms with Gasteiger partial charge in [0.05, 0.1) is 5.39 Å². The molecule has 0 saturated carbocycles. The van der Waals surface area contributed by atoms with E-state index in [0.29, 0.717) is 0 Å². The van der Waals surface area contributed by atoms with Crippen molar-refractivity contribution in [3.05, 3.63) is 78.1 Å². The van der Waals surface area contributed by atoms with E-state index in [-0.39, 0.29) is 0 Å². The lowest BCUT2D eigenvalue weighted by Crippen LogP contribution is -2.29. The minimum atomic E-state index is 0.732. The molecule has 2 aromatic heterocycles. The molecule has 0 aliphatic carbocycles. The summed E-state index contributed by atoms with van der Waals surface area (Å²) in [6.45, 7) is 2.72. The van der Waals surface area contributed by atoms with Crippen LogP contribution in [-0.2, 0) is 6.54 Å². The number of hydrogen-bond donors (Lipinski definition) is 1. The average molecular weight is 301 g/mol. The second-order valence-corrected chi connectivity index (χ2v) is 5.56. The van der Waals surface area contributed by atoms with Gasteiger partial charge in [0.2, 0.25) is 5.82 Å². The molecule has 4 nitrogen and oxygen atoms in total. The van der Waals surface area contributed by atoms with Crippen molar-refractivity contribution < 1.29 is 4.52 Å². The Kier molecular flexibility index (Phi) is 3.35. The molecule has 0 spiro atoms. The highest BCUT2D eigenvalue weighted by Crippen LogP contribution is 2.17. The third-order valence-electron chi connectivity index (χ3n) is 3.94. The largest absolute Gasteiger partial charge is 0.360 e. The highest BCUT2D eigenvalue weighted by molar-refractivity contribution is 5.91. The molecule has 4 rings (SSSR count). The van der Waals surface area contributed by atoms with Crippen LogP contribution in [0.2, 0.25) is 0 Å². The van der Waals surface area contributed by atoms with E-state index >= 15 is 0 Å². The smallest absolute Gasteiger partial charge is 0.356 e. The van der Waals surface area contributed by atoms with Crippen LogP contribution in [0.1, 0.15) is 11.3 Å². The van der Waals surface area contributed by atoms with Crippen LogP contribution < -0.4 is 9.83 Å². The van der Waals surface area contributed by atoms with Crippen molar-refractivity contribution in [2.24, 2.45) is 0 Å². The van der Waals surface area contributed by atoms with Gasteiger partial charge in [-0.05, 0) is 28.1 Å². The van der Waals surface area contributed by atoms with Crippen LogP contribution in [0.3, 0.4) is 0 Å². The molecule has 0 aliphatic heterocycles. The minimum Gasteiger partial charge on any atom is -0.360 e. The summed E-state index contributed by atoms with van der Waals surface area (Å²) in [4.78, 5) is 4.75. The fourth-order valence-electron chi connectivity index (χ4n) is 2.72. The Morgan fingerprint density at radius 1 is 0.957 bits per heavy atom. The zero-order chi connectivity index (χ0) is 15.6. The predicted octanol–water partition coefficient (Wildman–Crippen LogP) is 3.29. The Labute approximate surface area is 134 Å². The van der Waals surface area contributed by atoms with Gasteiger partial charge in [0.1, 0.15) is 6.20 Å². The van der Waals surface area contributed by atoms with E-state index < -0.39 is 0 Å². The maximum atomic E-state index is 4.75. The monoisotopic (exact) mass is 301 g/mol. The van der Waals surface area contributed by atoms with E-state index in [4.69, 9.17) is 4.98 Å². The van der Waals surface area contributed by atoms with E-state index in [2.05, 4.69) is 40.7 Å². The van der Waals surface area contributed by atoms with Crippen molar-refractivity contribution in [2.75, 3.05) is 5.32 Å². The first kappa shape index (κ1) is 13.6. The number of hydrogen-bond acceptors (Lipinski definition) is 3. The van der Waals surface area contributed by atoms with Crippen molar-refractivity contribution in [2.45, 2.75) is 13.5 Å². The van der Waals surface area contributed by atoms with Crippen LogP contribution in [0.5, 0.6) is 0 Å². The average Bonchev–Trinajstić information content (AvgIpc) is 2.61. The molecule has 0 aliphatic rings. The summed E-state index contributed by atoms with van der Waals surface area (Å²) in [5.41, 5.74) is 3.00. The highest BCUT2D eigenvalue weighted by Gasteiger charge is 2.16. The lowest BCUT2D eigenvalue weighted by atomic mass is 10.2. The first-order valence-electron chi connectivity index (χ1n) is 7.67. The molecule has 112 valence electrons. The maximum absolute atomic E-state index is 4.75. The molecule has 0 unspecified atom stereocenters. The molecular weight excluding hydrogens is 284 g/mol. The molecule has 0 bridgehead atoms. The van der Waals surface area contributed by atoms with Gasteiger partial charge in [-0.15, -0.1) is 0 Å². The number of nitrogens with zero attached hydrogens (tertiary/aromatic N) is 3. The van der Waals surface area contributed by atoms with Gasteiger partial charge in [-0.1, -0.05) is 58.1 Å². The van der Waals surface area contributed by atoms with Gasteiger partial charge in [0, 0.05) is 13.5 Å². The number of pyridine rings is 1. The Hall–Kier alpha value is -3.01. The predicted molar refractivity (Wildman–Crippen MR) is 91.2 cm³/mol. The third-order valence-corrected chi connectivity index (χ3v) is 3.94. The third kappa shape index (κ3) is 2.59. The Morgan fingerprint density at radius 2 is 1.74 bits per heavy atom. The van der Waals surface area contributed by atoms with Crippen LogP contribution in [0.15, 0.2) is 66.9 Å². The molecular formula is C19H17N4+. The van der Waals surface area contributed by atoms with Gasteiger partial charge in [-0.25, -0.2) is 0 Å². The summed E-state index contributed by atoms with van der Waals surface area (Å²) in [6.07, 6.45) is 1.96. The number of nitrogens with one attached hydrogen (secondary N) is 1. The summed E-state index contributed by atoms with van der Waals surface area (Å²) in [6, 6.07) is 20.6. The summed E-state index contributed by atoms with van der Waals surface area (Å²) in [5.74, 6) is 0.807. The SMILES string of the molecule is Cc1nc2c3ccccc3cc[n+]2nc1NCc1ccccc1. The van der Waals surface area contributed by atoms with Crippen LogP contribution in [-0.4, -0.2) is 10.1 Å². The van der Waals surface area contributed by atoms with E-state index in [0.717, 1.165) is 29.1 Å². The van der Waals surface area contributed by atoms with Crippen molar-refractivity contribution >= 4 is 22.2 Å². The Morgan fingerprint density at radius 3 is 2.61 bits per heavy atom. The van der Waals surface area contributed by atoms with Gasteiger partial charge in [-0.2, -0.15) is 0 Å². The second kappa shape index (κ2) is 5.65. The zero-order valence-corrected chi connectivity index (χ0v) is 12.9. The van der Waals surface area contributed by atoms with Crippen LogP contribution in [0.25, 0.3) is 16.4 Å². The summed E-state index contributed by atoms with van der Waals surface area (Å²) in [5, 5.41) is 10.3. The lowest BCUT2D eigenvalue weighted by Gasteiger charge is -2.05. The van der Waals surface area contributed by atoms with Crippen LogP contribution >= 0.6 is 0 Å². The molecule has 23 heavy (non-hydrogen) atoms. The Bertz CT molecular complexity index is 980. The topological polar surface area (TPSA) is 41.9 Å². The molecule has 0 saturated heterocycles. The lowest BCUT2D eigenvalue weighted by molar-refractivity contribution is -0.580. The summed E-state index contributed by atoms with van der Waals surface area (Å²) in [7, 11) is 0. The van der Waals surface area contributed by atoms with Crippen LogP contribution in [0.4, 0.5) is 5.82 Å². The first-order valence-corrected chi connectivity index (χ1v) is 7.67. The molecule has 0 amide bonds. The molecule has 2 heterocycles. The highest BCUT2D eigenvalue weighted by atomic mass is 15.3. The Balaban J connectivity index is 1.74. The first-order chi connectivity index (χ1) is 11.3. The van der Waals surface area contributed by atoms with E-state index in [1.54, 1.807) is 0 Å². The number of aromatic nitrogens is 3. The number of aryl methyl sites for hydroxylation is 1. The van der Waals surface area contributed by atoms with E-state index in [9.17, 15) is 0 Å². The zero-order valence-electron chi connectivity index (χ0n) is 12.9. The molecule has 2 aromatic carbocycles. The van der Waals surface area contributed by atoms with Gasteiger partial charge >= 0.3 is 5.65 Å². The molecule has 0 fully saturated rings. The maximum Gasteiger partial charge on any atom is 0.356 e. The molecule has 1 N–H and O–H groups in total. The molecule has 0 radical (unpaired) electrons.